The lowest BCUT2D eigenvalue weighted by molar-refractivity contribution is -0.130. The molecule has 2 aliphatic rings. The second-order valence-electron chi connectivity index (χ2n) is 6.86. The molecule has 2 aromatic rings. The Balaban J connectivity index is 1.53. The molecule has 1 atom stereocenters. The maximum atomic E-state index is 12.7. The van der Waals surface area contributed by atoms with Gasteiger partial charge in [-0.25, -0.2) is 0 Å². The van der Waals surface area contributed by atoms with Crippen LogP contribution in [0, 0.1) is 5.41 Å². The molecule has 4 rings (SSSR count). The van der Waals surface area contributed by atoms with Gasteiger partial charge in [-0.3, -0.25) is 14.6 Å². The molecule has 5 nitrogen and oxygen atoms in total. The van der Waals surface area contributed by atoms with E-state index in [1.165, 1.54) is 5.56 Å². The number of carbonyl (C=O) groups excluding carboxylic acids is 2. The van der Waals surface area contributed by atoms with Crippen molar-refractivity contribution in [1.82, 2.24) is 15.2 Å². The standard InChI is InChI=1S/C20H21N3O2/c24-18(16-6-10-21-11-7-16)23-12-8-20(9-13-23)17(14-22-19(20)25)15-4-2-1-3-5-15/h1-7,10-11,17H,8-9,12-14H2,(H,22,25)/t17-/m1/s1. The van der Waals surface area contributed by atoms with Crippen molar-refractivity contribution in [3.05, 3.63) is 66.0 Å². The Labute approximate surface area is 147 Å². The zero-order valence-corrected chi connectivity index (χ0v) is 14.0. The second-order valence-corrected chi connectivity index (χ2v) is 6.86. The van der Waals surface area contributed by atoms with E-state index in [0.29, 0.717) is 38.0 Å². The van der Waals surface area contributed by atoms with Crippen molar-refractivity contribution in [1.29, 1.82) is 0 Å². The van der Waals surface area contributed by atoms with Crippen LogP contribution in [0.2, 0.25) is 0 Å². The van der Waals surface area contributed by atoms with Crippen LogP contribution < -0.4 is 5.32 Å². The minimum atomic E-state index is -0.392. The fourth-order valence-corrected chi connectivity index (χ4v) is 4.21. The van der Waals surface area contributed by atoms with E-state index in [4.69, 9.17) is 0 Å². The molecule has 0 aliphatic carbocycles. The number of piperidine rings is 1. The first-order chi connectivity index (χ1) is 12.2. The van der Waals surface area contributed by atoms with E-state index < -0.39 is 5.41 Å². The lowest BCUT2D eigenvalue weighted by atomic mass is 9.68. The lowest BCUT2D eigenvalue weighted by Gasteiger charge is -2.41. The van der Waals surface area contributed by atoms with Crippen molar-refractivity contribution in [3.63, 3.8) is 0 Å². The SMILES string of the molecule is O=C(c1ccncc1)N1CCC2(CC1)C(=O)NC[C@@H]2c1ccccc1. The van der Waals surface area contributed by atoms with Crippen molar-refractivity contribution in [2.24, 2.45) is 5.41 Å². The highest BCUT2D eigenvalue weighted by molar-refractivity contribution is 5.94. The van der Waals surface area contributed by atoms with E-state index in [1.807, 2.05) is 23.1 Å². The Morgan fingerprint density at radius 1 is 1.08 bits per heavy atom. The number of benzene rings is 1. The Kier molecular flexibility index (Phi) is 3.99. The van der Waals surface area contributed by atoms with Crippen LogP contribution in [-0.2, 0) is 4.79 Å². The number of pyridine rings is 1. The van der Waals surface area contributed by atoms with E-state index in [9.17, 15) is 9.59 Å². The average Bonchev–Trinajstić information content (AvgIpc) is 2.99. The molecular weight excluding hydrogens is 314 g/mol. The lowest BCUT2D eigenvalue weighted by Crippen LogP contribution is -2.47. The minimum Gasteiger partial charge on any atom is -0.355 e. The molecule has 128 valence electrons. The molecule has 25 heavy (non-hydrogen) atoms. The van der Waals surface area contributed by atoms with Crippen LogP contribution in [0.4, 0.5) is 0 Å². The Morgan fingerprint density at radius 3 is 2.44 bits per heavy atom. The highest BCUT2D eigenvalue weighted by atomic mass is 16.2. The first kappa shape index (κ1) is 15.8. The number of nitrogens with zero attached hydrogens (tertiary/aromatic N) is 2. The average molecular weight is 335 g/mol. The molecule has 0 unspecified atom stereocenters. The Bertz CT molecular complexity index is 768. The molecule has 2 fully saturated rings. The van der Waals surface area contributed by atoms with Gasteiger partial charge in [-0.15, -0.1) is 0 Å². The molecule has 1 spiro atoms. The van der Waals surface area contributed by atoms with Gasteiger partial charge >= 0.3 is 0 Å². The molecule has 1 aromatic heterocycles. The number of rotatable bonds is 2. The first-order valence-electron chi connectivity index (χ1n) is 8.73. The second kappa shape index (κ2) is 6.31. The van der Waals surface area contributed by atoms with Gasteiger partial charge in [0.25, 0.3) is 5.91 Å². The maximum Gasteiger partial charge on any atom is 0.253 e. The van der Waals surface area contributed by atoms with E-state index in [2.05, 4.69) is 22.4 Å². The zero-order chi connectivity index (χ0) is 17.3. The number of carbonyl (C=O) groups is 2. The quantitative estimate of drug-likeness (QED) is 0.915. The van der Waals surface area contributed by atoms with Gasteiger partial charge in [0, 0.05) is 43.5 Å². The molecule has 2 amide bonds. The summed E-state index contributed by atoms with van der Waals surface area (Å²) >= 11 is 0. The number of amides is 2. The minimum absolute atomic E-state index is 0.0203. The molecule has 1 aromatic carbocycles. The topological polar surface area (TPSA) is 62.3 Å². The molecule has 0 radical (unpaired) electrons. The summed E-state index contributed by atoms with van der Waals surface area (Å²) in [5.41, 5.74) is 1.47. The number of hydrogen-bond acceptors (Lipinski definition) is 3. The van der Waals surface area contributed by atoms with Crippen molar-refractivity contribution >= 4 is 11.8 Å². The summed E-state index contributed by atoms with van der Waals surface area (Å²) in [7, 11) is 0. The van der Waals surface area contributed by atoms with Crippen LogP contribution in [0.3, 0.4) is 0 Å². The molecule has 3 heterocycles. The molecular formula is C20H21N3O2. The molecule has 2 saturated heterocycles. The monoisotopic (exact) mass is 335 g/mol. The van der Waals surface area contributed by atoms with Crippen molar-refractivity contribution in [3.8, 4) is 0 Å². The maximum absolute atomic E-state index is 12.7. The Morgan fingerprint density at radius 2 is 1.76 bits per heavy atom. The number of aromatic nitrogens is 1. The zero-order valence-electron chi connectivity index (χ0n) is 14.0. The Hall–Kier alpha value is -2.69. The van der Waals surface area contributed by atoms with Gasteiger partial charge in [-0.2, -0.15) is 0 Å². The number of likely N-dealkylation sites (tertiary alicyclic amines) is 1. The summed E-state index contributed by atoms with van der Waals surface area (Å²) in [5, 5.41) is 3.05. The predicted octanol–water partition coefficient (Wildman–Crippen LogP) is 2.22. The fourth-order valence-electron chi connectivity index (χ4n) is 4.21. The van der Waals surface area contributed by atoms with Gasteiger partial charge < -0.3 is 10.2 Å². The van der Waals surface area contributed by atoms with Crippen molar-refractivity contribution in [2.45, 2.75) is 18.8 Å². The van der Waals surface area contributed by atoms with Gasteiger partial charge in [0.05, 0.1) is 5.41 Å². The van der Waals surface area contributed by atoms with Crippen LogP contribution in [-0.4, -0.2) is 41.3 Å². The normalized spacial score (nSPS) is 22.0. The third-order valence-electron chi connectivity index (χ3n) is 5.66. The summed E-state index contributed by atoms with van der Waals surface area (Å²) in [6.07, 6.45) is 4.67. The van der Waals surface area contributed by atoms with Crippen molar-refractivity contribution < 1.29 is 9.59 Å². The van der Waals surface area contributed by atoms with Gasteiger partial charge in [0.15, 0.2) is 0 Å². The van der Waals surface area contributed by atoms with Crippen LogP contribution in [0.25, 0.3) is 0 Å². The summed E-state index contributed by atoms with van der Waals surface area (Å²) in [5.74, 6) is 0.337. The summed E-state index contributed by atoms with van der Waals surface area (Å²) in [6, 6.07) is 13.7. The fraction of sp³-hybridized carbons (Fsp3) is 0.350. The van der Waals surface area contributed by atoms with E-state index in [1.54, 1.807) is 24.5 Å². The van der Waals surface area contributed by atoms with Crippen LogP contribution in [0.15, 0.2) is 54.9 Å². The highest BCUT2D eigenvalue weighted by Crippen LogP contribution is 2.47. The molecule has 0 bridgehead atoms. The predicted molar refractivity (Wildman–Crippen MR) is 94.0 cm³/mol. The smallest absolute Gasteiger partial charge is 0.253 e. The van der Waals surface area contributed by atoms with Crippen LogP contribution in [0.1, 0.15) is 34.7 Å². The van der Waals surface area contributed by atoms with Gasteiger partial charge in [0.2, 0.25) is 5.91 Å². The highest BCUT2D eigenvalue weighted by Gasteiger charge is 2.52. The van der Waals surface area contributed by atoms with Crippen molar-refractivity contribution in [2.75, 3.05) is 19.6 Å². The third kappa shape index (κ3) is 2.69. The number of hydrogen-bond donors (Lipinski definition) is 1. The largest absolute Gasteiger partial charge is 0.355 e. The summed E-state index contributed by atoms with van der Waals surface area (Å²) in [6.45, 7) is 1.90. The number of nitrogens with one attached hydrogen (secondary N) is 1. The van der Waals surface area contributed by atoms with E-state index in [-0.39, 0.29) is 17.7 Å². The molecule has 1 N–H and O–H groups in total. The van der Waals surface area contributed by atoms with Crippen LogP contribution >= 0.6 is 0 Å². The summed E-state index contributed by atoms with van der Waals surface area (Å²) in [4.78, 5) is 31.1. The van der Waals surface area contributed by atoms with E-state index in [0.717, 1.165) is 0 Å². The third-order valence-corrected chi connectivity index (χ3v) is 5.66. The van der Waals surface area contributed by atoms with Gasteiger partial charge in [0.1, 0.15) is 0 Å². The van der Waals surface area contributed by atoms with Gasteiger partial charge in [-0.1, -0.05) is 30.3 Å². The van der Waals surface area contributed by atoms with E-state index >= 15 is 0 Å². The molecule has 2 aliphatic heterocycles. The molecule has 0 saturated carbocycles. The first-order valence-corrected chi connectivity index (χ1v) is 8.73. The summed E-state index contributed by atoms with van der Waals surface area (Å²) < 4.78 is 0. The van der Waals surface area contributed by atoms with Gasteiger partial charge in [-0.05, 0) is 30.5 Å². The van der Waals surface area contributed by atoms with Crippen LogP contribution in [0.5, 0.6) is 0 Å². The molecule has 5 heteroatoms.